The smallest absolute Gasteiger partial charge is 0.229 e. The number of thiazole rings is 1. The number of anilines is 2. The SMILES string of the molecule is CC(=O)N1CCC(C(=O)Nc2n[nH]c3nc(NC(=O)C4CC4)sc23)CC1. The number of hydrogen-bond acceptors (Lipinski definition) is 6. The molecule has 1 aliphatic heterocycles. The third-order valence-electron chi connectivity index (χ3n) is 4.85. The molecule has 0 atom stereocenters. The van der Waals surface area contributed by atoms with Crippen LogP contribution in [0.5, 0.6) is 0 Å². The van der Waals surface area contributed by atoms with Gasteiger partial charge in [-0.3, -0.25) is 19.5 Å². The maximum atomic E-state index is 12.5. The van der Waals surface area contributed by atoms with Gasteiger partial charge in [-0.25, -0.2) is 4.98 Å². The molecule has 4 rings (SSSR count). The summed E-state index contributed by atoms with van der Waals surface area (Å²) in [6, 6.07) is 0. The summed E-state index contributed by atoms with van der Waals surface area (Å²) in [6.07, 6.45) is 3.15. The minimum absolute atomic E-state index is 0.00261. The maximum absolute atomic E-state index is 12.5. The molecule has 0 unspecified atom stereocenters. The molecule has 0 aromatic carbocycles. The van der Waals surface area contributed by atoms with Gasteiger partial charge in [0.1, 0.15) is 4.70 Å². The van der Waals surface area contributed by atoms with Crippen molar-refractivity contribution in [1.82, 2.24) is 20.1 Å². The fourth-order valence-electron chi connectivity index (χ4n) is 3.08. The van der Waals surface area contributed by atoms with E-state index < -0.39 is 0 Å². The Morgan fingerprint density at radius 1 is 1.08 bits per heavy atom. The lowest BCUT2D eigenvalue weighted by molar-refractivity contribution is -0.132. The lowest BCUT2D eigenvalue weighted by Crippen LogP contribution is -2.40. The Morgan fingerprint density at radius 2 is 1.73 bits per heavy atom. The van der Waals surface area contributed by atoms with Crippen LogP contribution in [0.2, 0.25) is 0 Å². The van der Waals surface area contributed by atoms with Gasteiger partial charge in [-0.1, -0.05) is 11.3 Å². The van der Waals surface area contributed by atoms with Crippen molar-refractivity contribution in [2.24, 2.45) is 11.8 Å². The average Bonchev–Trinajstić information content (AvgIpc) is 3.31. The van der Waals surface area contributed by atoms with Crippen molar-refractivity contribution < 1.29 is 14.4 Å². The molecule has 10 heteroatoms. The van der Waals surface area contributed by atoms with Gasteiger partial charge in [-0.15, -0.1) is 0 Å². The number of hydrogen-bond donors (Lipinski definition) is 3. The number of H-pyrrole nitrogens is 1. The van der Waals surface area contributed by atoms with Crippen LogP contribution in [-0.2, 0) is 14.4 Å². The van der Waals surface area contributed by atoms with Gasteiger partial charge in [-0.05, 0) is 25.7 Å². The van der Waals surface area contributed by atoms with Crippen LogP contribution in [0.25, 0.3) is 10.3 Å². The lowest BCUT2D eigenvalue weighted by Gasteiger charge is -2.30. The van der Waals surface area contributed by atoms with Crippen molar-refractivity contribution in [2.75, 3.05) is 23.7 Å². The third-order valence-corrected chi connectivity index (χ3v) is 5.82. The van der Waals surface area contributed by atoms with Crippen molar-refractivity contribution in [3.63, 3.8) is 0 Å². The van der Waals surface area contributed by atoms with Gasteiger partial charge < -0.3 is 15.5 Å². The maximum Gasteiger partial charge on any atom is 0.229 e. The summed E-state index contributed by atoms with van der Waals surface area (Å²) in [6.45, 7) is 2.74. The van der Waals surface area contributed by atoms with Gasteiger partial charge in [0, 0.05) is 31.8 Å². The summed E-state index contributed by atoms with van der Waals surface area (Å²) in [5.41, 5.74) is 0.544. The first kappa shape index (κ1) is 17.0. The number of carbonyl (C=O) groups is 3. The number of nitrogens with zero attached hydrogens (tertiary/aromatic N) is 3. The number of likely N-dealkylation sites (tertiary alicyclic amines) is 1. The second kappa shape index (κ2) is 6.67. The van der Waals surface area contributed by atoms with Crippen LogP contribution in [-0.4, -0.2) is 50.9 Å². The van der Waals surface area contributed by atoms with Gasteiger partial charge in [0.05, 0.1) is 0 Å². The Hall–Kier alpha value is -2.49. The Balaban J connectivity index is 1.40. The predicted octanol–water partition coefficient (Wildman–Crippen LogP) is 1.56. The molecule has 0 spiro atoms. The molecule has 0 radical (unpaired) electrons. The van der Waals surface area contributed by atoms with E-state index in [2.05, 4.69) is 25.8 Å². The van der Waals surface area contributed by atoms with E-state index in [1.54, 1.807) is 11.8 Å². The van der Waals surface area contributed by atoms with Crippen LogP contribution in [0.4, 0.5) is 10.9 Å². The molecule has 3 heterocycles. The van der Waals surface area contributed by atoms with Gasteiger partial charge in [0.25, 0.3) is 0 Å². The van der Waals surface area contributed by atoms with E-state index in [0.717, 1.165) is 12.8 Å². The van der Waals surface area contributed by atoms with Crippen LogP contribution < -0.4 is 10.6 Å². The van der Waals surface area contributed by atoms with Gasteiger partial charge >= 0.3 is 0 Å². The minimum Gasteiger partial charge on any atom is -0.343 e. The highest BCUT2D eigenvalue weighted by atomic mass is 32.1. The van der Waals surface area contributed by atoms with Crippen LogP contribution >= 0.6 is 11.3 Å². The summed E-state index contributed by atoms with van der Waals surface area (Å²) >= 11 is 1.29. The highest BCUT2D eigenvalue weighted by Crippen LogP contribution is 2.34. The number of aromatic nitrogens is 3. The standard InChI is InChI=1S/C16H20N6O3S/c1-8(23)22-6-4-10(5-7-22)14(24)17-12-11-13(21-20-12)18-16(26-11)19-15(25)9-2-3-9/h9-10H,2-7H2,1H3,(H3,17,18,19,20,21,24,25). The van der Waals surface area contributed by atoms with Crippen LogP contribution in [0.1, 0.15) is 32.6 Å². The fraction of sp³-hybridized carbons (Fsp3) is 0.562. The van der Waals surface area contributed by atoms with Crippen molar-refractivity contribution >= 4 is 50.4 Å². The first-order valence-corrected chi connectivity index (χ1v) is 9.55. The number of fused-ring (bicyclic) bond motifs is 1. The predicted molar refractivity (Wildman–Crippen MR) is 96.7 cm³/mol. The summed E-state index contributed by atoms with van der Waals surface area (Å²) < 4.78 is 0.714. The second-order valence-electron chi connectivity index (χ2n) is 6.80. The molecule has 1 aliphatic carbocycles. The summed E-state index contributed by atoms with van der Waals surface area (Å²) in [7, 11) is 0. The quantitative estimate of drug-likeness (QED) is 0.748. The molecule has 2 aromatic heterocycles. The number of nitrogens with one attached hydrogen (secondary N) is 3. The Labute approximate surface area is 153 Å². The molecule has 2 aromatic rings. The molecule has 1 saturated carbocycles. The van der Waals surface area contributed by atoms with Gasteiger partial charge in [-0.2, -0.15) is 5.10 Å². The zero-order chi connectivity index (χ0) is 18.3. The topological polar surface area (TPSA) is 120 Å². The monoisotopic (exact) mass is 376 g/mol. The summed E-state index contributed by atoms with van der Waals surface area (Å²) in [5.74, 6) is 0.345. The van der Waals surface area contributed by atoms with E-state index in [4.69, 9.17) is 0 Å². The highest BCUT2D eigenvalue weighted by molar-refractivity contribution is 7.22. The molecule has 2 aliphatic rings. The molecular formula is C16H20N6O3S. The van der Waals surface area contributed by atoms with E-state index >= 15 is 0 Å². The fourth-order valence-corrected chi connectivity index (χ4v) is 3.95. The van der Waals surface area contributed by atoms with Crippen molar-refractivity contribution in [3.8, 4) is 0 Å². The molecular weight excluding hydrogens is 356 g/mol. The largest absolute Gasteiger partial charge is 0.343 e. The molecule has 9 nitrogen and oxygen atoms in total. The number of piperidine rings is 1. The number of carbonyl (C=O) groups excluding carboxylic acids is 3. The molecule has 0 bridgehead atoms. The first-order valence-electron chi connectivity index (χ1n) is 8.73. The molecule has 138 valence electrons. The third kappa shape index (κ3) is 3.41. The Bertz CT molecular complexity index is 863. The lowest BCUT2D eigenvalue weighted by atomic mass is 9.96. The van der Waals surface area contributed by atoms with Crippen LogP contribution in [0.3, 0.4) is 0 Å². The normalized spacial score (nSPS) is 18.1. The number of rotatable bonds is 4. The Kier molecular flexibility index (Phi) is 4.35. The van der Waals surface area contributed by atoms with Crippen molar-refractivity contribution in [3.05, 3.63) is 0 Å². The van der Waals surface area contributed by atoms with E-state index in [1.807, 2.05) is 0 Å². The number of aromatic amines is 1. The van der Waals surface area contributed by atoms with E-state index in [0.29, 0.717) is 47.2 Å². The van der Waals surface area contributed by atoms with Gasteiger partial charge in [0.15, 0.2) is 16.6 Å². The molecule has 2 fully saturated rings. The van der Waals surface area contributed by atoms with E-state index in [9.17, 15) is 14.4 Å². The number of amides is 3. The van der Waals surface area contributed by atoms with Crippen LogP contribution in [0.15, 0.2) is 0 Å². The van der Waals surface area contributed by atoms with Crippen molar-refractivity contribution in [1.29, 1.82) is 0 Å². The average molecular weight is 376 g/mol. The highest BCUT2D eigenvalue weighted by Gasteiger charge is 2.31. The Morgan fingerprint density at radius 3 is 2.38 bits per heavy atom. The summed E-state index contributed by atoms with van der Waals surface area (Å²) in [4.78, 5) is 41.8. The molecule has 3 N–H and O–H groups in total. The zero-order valence-corrected chi connectivity index (χ0v) is 15.2. The second-order valence-corrected chi connectivity index (χ2v) is 7.80. The van der Waals surface area contributed by atoms with E-state index in [-0.39, 0.29) is 29.6 Å². The van der Waals surface area contributed by atoms with Crippen LogP contribution in [0, 0.1) is 11.8 Å². The summed E-state index contributed by atoms with van der Waals surface area (Å²) in [5, 5.41) is 13.1. The molecule has 26 heavy (non-hydrogen) atoms. The zero-order valence-electron chi connectivity index (χ0n) is 14.4. The van der Waals surface area contributed by atoms with E-state index in [1.165, 1.54) is 11.3 Å². The first-order chi connectivity index (χ1) is 12.5. The molecule has 1 saturated heterocycles. The van der Waals surface area contributed by atoms with Crippen molar-refractivity contribution in [2.45, 2.75) is 32.6 Å². The molecule has 3 amide bonds. The van der Waals surface area contributed by atoms with Gasteiger partial charge in [0.2, 0.25) is 17.7 Å². The minimum atomic E-state index is -0.140.